The molecule has 1 aliphatic rings. The van der Waals surface area contributed by atoms with E-state index in [9.17, 15) is 4.79 Å². The van der Waals surface area contributed by atoms with Crippen LogP contribution in [-0.4, -0.2) is 57.2 Å². The number of guanidine groups is 1. The number of hydrogen-bond acceptors (Lipinski definition) is 4. The van der Waals surface area contributed by atoms with Gasteiger partial charge >= 0.3 is 0 Å². The lowest BCUT2D eigenvalue weighted by molar-refractivity contribution is -0.127. The first-order valence-electron chi connectivity index (χ1n) is 7.86. The largest absolute Gasteiger partial charge is 0.383 e. The van der Waals surface area contributed by atoms with E-state index < -0.39 is 0 Å². The SMILES string of the molecule is COCC(NC(=NCC(=O)N(C)C)NCc1cccs1)C1CC1. The fourth-order valence-corrected chi connectivity index (χ4v) is 2.82. The summed E-state index contributed by atoms with van der Waals surface area (Å²) in [7, 11) is 5.19. The number of hydrogen-bond donors (Lipinski definition) is 2. The zero-order valence-corrected chi connectivity index (χ0v) is 14.9. The topological polar surface area (TPSA) is 66.0 Å². The minimum atomic E-state index is -0.0167. The first-order valence-corrected chi connectivity index (χ1v) is 8.74. The fraction of sp³-hybridized carbons (Fsp3) is 0.625. The second-order valence-electron chi connectivity index (χ2n) is 5.93. The van der Waals surface area contributed by atoms with E-state index in [1.807, 2.05) is 6.07 Å². The number of thiophene rings is 1. The molecule has 1 saturated carbocycles. The van der Waals surface area contributed by atoms with Crippen molar-refractivity contribution in [1.82, 2.24) is 15.5 Å². The van der Waals surface area contributed by atoms with Gasteiger partial charge in [0.25, 0.3) is 0 Å². The Morgan fingerprint density at radius 2 is 2.30 bits per heavy atom. The van der Waals surface area contributed by atoms with Crippen molar-refractivity contribution in [2.75, 3.05) is 34.4 Å². The number of nitrogens with zero attached hydrogens (tertiary/aromatic N) is 2. The number of ether oxygens (including phenoxy) is 1. The molecular formula is C16H26N4O2S. The normalized spacial score (nSPS) is 16.0. The number of amides is 1. The molecule has 1 aromatic heterocycles. The first-order chi connectivity index (χ1) is 11.1. The molecule has 1 amide bonds. The number of nitrogens with one attached hydrogen (secondary N) is 2. The summed E-state index contributed by atoms with van der Waals surface area (Å²) in [4.78, 5) is 19.0. The summed E-state index contributed by atoms with van der Waals surface area (Å²) in [6.45, 7) is 1.48. The molecule has 2 rings (SSSR count). The number of likely N-dealkylation sites (N-methyl/N-ethyl adjacent to an activating group) is 1. The van der Waals surface area contributed by atoms with Gasteiger partial charge in [-0.05, 0) is 30.2 Å². The van der Waals surface area contributed by atoms with Crippen molar-refractivity contribution in [3.8, 4) is 0 Å². The van der Waals surface area contributed by atoms with Crippen LogP contribution in [0.5, 0.6) is 0 Å². The number of carbonyl (C=O) groups is 1. The molecule has 128 valence electrons. The lowest BCUT2D eigenvalue weighted by Crippen LogP contribution is -2.46. The maximum Gasteiger partial charge on any atom is 0.243 e. The quantitative estimate of drug-likeness (QED) is 0.554. The van der Waals surface area contributed by atoms with Gasteiger partial charge in [-0.1, -0.05) is 6.07 Å². The zero-order chi connectivity index (χ0) is 16.7. The van der Waals surface area contributed by atoms with Gasteiger partial charge in [0.2, 0.25) is 5.91 Å². The van der Waals surface area contributed by atoms with Gasteiger partial charge in [0.1, 0.15) is 6.54 Å². The Morgan fingerprint density at radius 1 is 1.52 bits per heavy atom. The predicted molar refractivity (Wildman–Crippen MR) is 93.7 cm³/mol. The molecule has 0 aliphatic heterocycles. The first kappa shape index (κ1) is 17.7. The molecule has 0 radical (unpaired) electrons. The number of aliphatic imine (C=N–C) groups is 1. The van der Waals surface area contributed by atoms with Gasteiger partial charge in [0.05, 0.1) is 19.2 Å². The van der Waals surface area contributed by atoms with Crippen LogP contribution in [0.3, 0.4) is 0 Å². The molecule has 6 nitrogen and oxygen atoms in total. The van der Waals surface area contributed by atoms with Gasteiger partial charge in [0.15, 0.2) is 5.96 Å². The fourth-order valence-electron chi connectivity index (χ4n) is 2.17. The molecule has 23 heavy (non-hydrogen) atoms. The van der Waals surface area contributed by atoms with Crippen LogP contribution in [0.25, 0.3) is 0 Å². The van der Waals surface area contributed by atoms with Crippen LogP contribution < -0.4 is 10.6 Å². The van der Waals surface area contributed by atoms with Crippen molar-refractivity contribution in [2.24, 2.45) is 10.9 Å². The van der Waals surface area contributed by atoms with Crippen molar-refractivity contribution in [2.45, 2.75) is 25.4 Å². The Hall–Kier alpha value is -1.60. The predicted octanol–water partition coefficient (Wildman–Crippen LogP) is 1.30. The van der Waals surface area contributed by atoms with E-state index in [-0.39, 0.29) is 18.5 Å². The van der Waals surface area contributed by atoms with Crippen LogP contribution in [0.2, 0.25) is 0 Å². The lowest BCUT2D eigenvalue weighted by atomic mass is 10.2. The van der Waals surface area contributed by atoms with E-state index in [1.54, 1.807) is 37.4 Å². The third-order valence-electron chi connectivity index (χ3n) is 3.74. The highest BCUT2D eigenvalue weighted by Gasteiger charge is 2.31. The average molecular weight is 338 g/mol. The highest BCUT2D eigenvalue weighted by atomic mass is 32.1. The van der Waals surface area contributed by atoms with Gasteiger partial charge < -0.3 is 20.3 Å². The van der Waals surface area contributed by atoms with Crippen molar-refractivity contribution >= 4 is 23.2 Å². The van der Waals surface area contributed by atoms with E-state index in [0.717, 1.165) is 0 Å². The summed E-state index contributed by atoms with van der Waals surface area (Å²) in [6.07, 6.45) is 2.44. The van der Waals surface area contributed by atoms with Crippen molar-refractivity contribution < 1.29 is 9.53 Å². The Morgan fingerprint density at radius 3 is 2.87 bits per heavy atom. The van der Waals surface area contributed by atoms with Crippen LogP contribution in [0.15, 0.2) is 22.5 Å². The van der Waals surface area contributed by atoms with Crippen molar-refractivity contribution in [3.05, 3.63) is 22.4 Å². The lowest BCUT2D eigenvalue weighted by Gasteiger charge is -2.21. The van der Waals surface area contributed by atoms with Gasteiger partial charge in [-0.15, -0.1) is 11.3 Å². The van der Waals surface area contributed by atoms with Gasteiger partial charge in [0, 0.05) is 26.1 Å². The molecule has 1 heterocycles. The Bertz CT molecular complexity index is 512. The van der Waals surface area contributed by atoms with E-state index in [1.165, 1.54) is 17.7 Å². The summed E-state index contributed by atoms with van der Waals surface area (Å²) in [5.41, 5.74) is 0. The van der Waals surface area contributed by atoms with E-state index in [0.29, 0.717) is 25.0 Å². The summed E-state index contributed by atoms with van der Waals surface area (Å²) >= 11 is 1.70. The standard InChI is InChI=1S/C16H26N4O2S/c1-20(2)15(21)10-18-16(17-9-13-5-4-8-23-13)19-14(11-22-3)12-6-7-12/h4-5,8,12,14H,6-7,9-11H2,1-3H3,(H2,17,18,19). The zero-order valence-electron chi connectivity index (χ0n) is 14.0. The molecule has 1 aliphatic carbocycles. The molecule has 1 fully saturated rings. The highest BCUT2D eigenvalue weighted by molar-refractivity contribution is 7.09. The van der Waals surface area contributed by atoms with Gasteiger partial charge in [-0.2, -0.15) is 0 Å². The van der Waals surface area contributed by atoms with E-state index in [4.69, 9.17) is 4.74 Å². The minimum Gasteiger partial charge on any atom is -0.383 e. The molecule has 1 atom stereocenters. The van der Waals surface area contributed by atoms with Gasteiger partial charge in [-0.3, -0.25) is 4.79 Å². The van der Waals surface area contributed by atoms with Crippen LogP contribution in [0.1, 0.15) is 17.7 Å². The maximum absolute atomic E-state index is 11.8. The molecule has 7 heteroatoms. The van der Waals surface area contributed by atoms with Crippen LogP contribution in [0.4, 0.5) is 0 Å². The summed E-state index contributed by atoms with van der Waals surface area (Å²) in [5.74, 6) is 1.28. The molecule has 0 aromatic carbocycles. The highest BCUT2D eigenvalue weighted by Crippen LogP contribution is 2.32. The van der Waals surface area contributed by atoms with Crippen molar-refractivity contribution in [3.63, 3.8) is 0 Å². The molecule has 1 aromatic rings. The van der Waals surface area contributed by atoms with E-state index >= 15 is 0 Å². The molecule has 0 spiro atoms. The Labute approximate surface area is 141 Å². The Kier molecular flexibility index (Phi) is 6.85. The second-order valence-corrected chi connectivity index (χ2v) is 6.96. The summed E-state index contributed by atoms with van der Waals surface area (Å²) < 4.78 is 5.30. The maximum atomic E-state index is 11.8. The molecule has 2 N–H and O–H groups in total. The third-order valence-corrected chi connectivity index (χ3v) is 4.62. The third kappa shape index (κ3) is 6.19. The smallest absolute Gasteiger partial charge is 0.243 e. The molecular weight excluding hydrogens is 312 g/mol. The summed E-state index contributed by atoms with van der Waals surface area (Å²) in [5, 5.41) is 8.78. The average Bonchev–Trinajstić information content (AvgIpc) is 3.24. The minimum absolute atomic E-state index is 0.0167. The van der Waals surface area contributed by atoms with Gasteiger partial charge in [-0.25, -0.2) is 4.99 Å². The number of methoxy groups -OCH3 is 1. The van der Waals surface area contributed by atoms with Crippen LogP contribution >= 0.6 is 11.3 Å². The molecule has 0 bridgehead atoms. The molecule has 0 saturated heterocycles. The van der Waals surface area contributed by atoms with E-state index in [2.05, 4.69) is 27.1 Å². The Balaban J connectivity index is 1.96. The van der Waals surface area contributed by atoms with Crippen LogP contribution in [0, 0.1) is 5.92 Å². The monoisotopic (exact) mass is 338 g/mol. The summed E-state index contributed by atoms with van der Waals surface area (Å²) in [6, 6.07) is 4.34. The molecule has 1 unspecified atom stereocenters. The van der Waals surface area contributed by atoms with Crippen molar-refractivity contribution in [1.29, 1.82) is 0 Å². The van der Waals surface area contributed by atoms with Crippen LogP contribution in [-0.2, 0) is 16.1 Å². The second kappa shape index (κ2) is 8.88. The number of carbonyl (C=O) groups excluding carboxylic acids is 1. The number of rotatable bonds is 8.